The molecule has 2 aromatic rings. The Morgan fingerprint density at radius 3 is 2.83 bits per heavy atom. The number of ether oxygens (including phenoxy) is 1. The van der Waals surface area contributed by atoms with Crippen LogP contribution in [0.1, 0.15) is 69.3 Å². The van der Waals surface area contributed by atoms with Crippen molar-refractivity contribution in [1.82, 2.24) is 20.2 Å². The summed E-state index contributed by atoms with van der Waals surface area (Å²) in [6, 6.07) is 6.48. The molecule has 0 radical (unpaired) electrons. The lowest BCUT2D eigenvalue weighted by atomic mass is 9.86. The van der Waals surface area contributed by atoms with Gasteiger partial charge in [0.15, 0.2) is 5.82 Å². The number of nitrogens with one attached hydrogen (secondary N) is 1. The third kappa shape index (κ3) is 5.68. The third-order valence-electron chi connectivity index (χ3n) is 5.67. The molecule has 0 bridgehead atoms. The van der Waals surface area contributed by atoms with Crippen LogP contribution in [0.5, 0.6) is 5.75 Å². The predicted octanol–water partition coefficient (Wildman–Crippen LogP) is 3.79. The molecule has 0 aliphatic heterocycles. The van der Waals surface area contributed by atoms with E-state index in [-0.39, 0.29) is 24.3 Å². The Balaban J connectivity index is 1.55. The molecule has 0 saturated heterocycles. The molecule has 8 heteroatoms. The van der Waals surface area contributed by atoms with E-state index in [1.54, 1.807) is 0 Å². The van der Waals surface area contributed by atoms with Crippen LogP contribution in [0, 0.1) is 12.8 Å². The molecule has 3 N–H and O–H groups in total. The molecular formula is C22H33N5O2S. The van der Waals surface area contributed by atoms with Gasteiger partial charge >= 0.3 is 0 Å². The number of benzene rings is 1. The number of nitrogens with two attached hydrogens (primary N) is 1. The molecule has 30 heavy (non-hydrogen) atoms. The molecule has 0 spiro atoms. The molecule has 7 nitrogen and oxygen atoms in total. The summed E-state index contributed by atoms with van der Waals surface area (Å²) in [5, 5.41) is 11.9. The molecular weight excluding hydrogens is 398 g/mol. The fourth-order valence-corrected chi connectivity index (χ4v) is 4.49. The molecule has 1 heterocycles. The number of carbonyl (C=O) groups is 1. The maximum atomic E-state index is 12.3. The van der Waals surface area contributed by atoms with Crippen molar-refractivity contribution in [2.45, 2.75) is 77.1 Å². The lowest BCUT2D eigenvalue weighted by Crippen LogP contribution is -2.41. The van der Waals surface area contributed by atoms with Crippen LogP contribution in [0.4, 0.5) is 0 Å². The molecule has 1 saturated carbocycles. The summed E-state index contributed by atoms with van der Waals surface area (Å²) in [5.41, 5.74) is 2.28. The third-order valence-corrected chi connectivity index (χ3v) is 6.62. The van der Waals surface area contributed by atoms with Crippen molar-refractivity contribution in [3.8, 4) is 5.75 Å². The van der Waals surface area contributed by atoms with Gasteiger partial charge in [0.05, 0.1) is 5.75 Å². The molecule has 1 aliphatic carbocycles. The maximum Gasteiger partial charge on any atom is 0.230 e. The van der Waals surface area contributed by atoms with Crippen LogP contribution >= 0.6 is 11.8 Å². The second-order valence-electron chi connectivity index (χ2n) is 8.48. The second kappa shape index (κ2) is 10.2. The van der Waals surface area contributed by atoms with Gasteiger partial charge in [-0.05, 0) is 48.8 Å². The Hall–Kier alpha value is -2.22. The molecule has 1 amide bonds. The molecule has 164 valence electrons. The number of hydrogen-bond donors (Lipinski definition) is 2. The number of nitrogens with zero attached hydrogens (tertiary/aromatic N) is 3. The van der Waals surface area contributed by atoms with Crippen LogP contribution < -0.4 is 15.9 Å². The standard InChI is InChI=1S/C22H33N5O2S/c1-14(2)17-10-9-15(3)11-19(17)29-12-20-25-26-22(27(20)23)30-13-21(28)24-18-8-6-5-7-16(18)4/h9-11,14,16,18H,5-8,12-13,23H2,1-4H3,(H,24,28)/t16-,18-/m1/s1. The molecule has 2 atom stereocenters. The minimum absolute atomic E-state index is 0.0147. The van der Waals surface area contributed by atoms with Gasteiger partial charge in [0, 0.05) is 6.04 Å². The molecule has 1 aliphatic rings. The van der Waals surface area contributed by atoms with E-state index < -0.39 is 0 Å². The summed E-state index contributed by atoms with van der Waals surface area (Å²) in [6.07, 6.45) is 4.68. The van der Waals surface area contributed by atoms with Gasteiger partial charge in [0.1, 0.15) is 12.4 Å². The second-order valence-corrected chi connectivity index (χ2v) is 9.42. The van der Waals surface area contributed by atoms with E-state index in [9.17, 15) is 4.79 Å². The Morgan fingerprint density at radius 1 is 1.33 bits per heavy atom. The van der Waals surface area contributed by atoms with Crippen LogP contribution in [-0.4, -0.2) is 32.6 Å². The van der Waals surface area contributed by atoms with Crippen molar-refractivity contribution in [2.24, 2.45) is 5.92 Å². The average Bonchev–Trinajstić information content (AvgIpc) is 3.06. The van der Waals surface area contributed by atoms with Gasteiger partial charge in [-0.1, -0.05) is 57.5 Å². The van der Waals surface area contributed by atoms with Crippen molar-refractivity contribution in [1.29, 1.82) is 0 Å². The minimum atomic E-state index is 0.0147. The van der Waals surface area contributed by atoms with Crippen molar-refractivity contribution < 1.29 is 9.53 Å². The summed E-state index contributed by atoms with van der Waals surface area (Å²) in [7, 11) is 0. The van der Waals surface area contributed by atoms with E-state index in [0.717, 1.165) is 23.3 Å². The highest BCUT2D eigenvalue weighted by Crippen LogP contribution is 2.28. The Bertz CT molecular complexity index is 867. The van der Waals surface area contributed by atoms with Gasteiger partial charge in [-0.2, -0.15) is 0 Å². The number of rotatable bonds is 8. The first kappa shape index (κ1) is 22.5. The van der Waals surface area contributed by atoms with E-state index in [1.807, 2.05) is 13.0 Å². The Kier molecular flexibility index (Phi) is 7.64. The minimum Gasteiger partial charge on any atom is -0.485 e. The summed E-state index contributed by atoms with van der Waals surface area (Å²) < 4.78 is 7.41. The summed E-state index contributed by atoms with van der Waals surface area (Å²) in [4.78, 5) is 12.3. The van der Waals surface area contributed by atoms with E-state index >= 15 is 0 Å². The van der Waals surface area contributed by atoms with Crippen molar-refractivity contribution in [3.63, 3.8) is 0 Å². The molecule has 1 aromatic heterocycles. The first-order chi connectivity index (χ1) is 14.3. The molecule has 0 unspecified atom stereocenters. The van der Waals surface area contributed by atoms with Gasteiger partial charge in [0.25, 0.3) is 0 Å². The number of aromatic nitrogens is 3. The number of aryl methyl sites for hydroxylation is 1. The average molecular weight is 432 g/mol. The highest BCUT2D eigenvalue weighted by atomic mass is 32.2. The number of amides is 1. The summed E-state index contributed by atoms with van der Waals surface area (Å²) in [6.45, 7) is 8.74. The SMILES string of the molecule is Cc1ccc(C(C)C)c(OCc2nnc(SCC(=O)N[C@@H]3CCCC[C@H]3C)n2N)c1. The number of thioether (sulfide) groups is 1. The first-order valence-electron chi connectivity index (χ1n) is 10.7. The van der Waals surface area contributed by atoms with Gasteiger partial charge in [-0.25, -0.2) is 4.68 Å². The van der Waals surface area contributed by atoms with Crippen molar-refractivity contribution in [2.75, 3.05) is 11.6 Å². The van der Waals surface area contributed by atoms with E-state index in [4.69, 9.17) is 10.6 Å². The highest BCUT2D eigenvalue weighted by Gasteiger charge is 2.23. The molecule has 1 aromatic carbocycles. The van der Waals surface area contributed by atoms with Crippen molar-refractivity contribution >= 4 is 17.7 Å². The predicted molar refractivity (Wildman–Crippen MR) is 120 cm³/mol. The van der Waals surface area contributed by atoms with Crippen molar-refractivity contribution in [3.05, 3.63) is 35.2 Å². The molecule has 1 fully saturated rings. The van der Waals surface area contributed by atoms with Crippen LogP contribution in [0.2, 0.25) is 0 Å². The van der Waals surface area contributed by atoms with Gasteiger partial charge < -0.3 is 15.9 Å². The monoisotopic (exact) mass is 431 g/mol. The zero-order valence-electron chi connectivity index (χ0n) is 18.4. The van der Waals surface area contributed by atoms with E-state index in [0.29, 0.717) is 22.8 Å². The fourth-order valence-electron chi connectivity index (χ4n) is 3.80. The van der Waals surface area contributed by atoms with Crippen LogP contribution in [-0.2, 0) is 11.4 Å². The zero-order chi connectivity index (χ0) is 21.7. The quantitative estimate of drug-likeness (QED) is 0.488. The number of nitrogen functional groups attached to an aromatic ring is 1. The number of hydrogen-bond acceptors (Lipinski definition) is 6. The topological polar surface area (TPSA) is 95.1 Å². The fraction of sp³-hybridized carbons (Fsp3) is 0.591. The zero-order valence-corrected chi connectivity index (χ0v) is 19.2. The number of carbonyl (C=O) groups excluding carboxylic acids is 1. The lowest BCUT2D eigenvalue weighted by Gasteiger charge is -2.29. The van der Waals surface area contributed by atoms with Gasteiger partial charge in [-0.3, -0.25) is 4.79 Å². The smallest absolute Gasteiger partial charge is 0.230 e. The normalized spacial score (nSPS) is 19.1. The molecule has 3 rings (SSSR count). The Labute approximate surface area is 183 Å². The lowest BCUT2D eigenvalue weighted by molar-refractivity contribution is -0.119. The van der Waals surface area contributed by atoms with E-state index in [2.05, 4.69) is 48.4 Å². The highest BCUT2D eigenvalue weighted by molar-refractivity contribution is 7.99. The first-order valence-corrected chi connectivity index (χ1v) is 11.7. The van der Waals surface area contributed by atoms with Crippen LogP contribution in [0.25, 0.3) is 0 Å². The summed E-state index contributed by atoms with van der Waals surface area (Å²) in [5.74, 6) is 8.68. The van der Waals surface area contributed by atoms with Gasteiger partial charge in [0.2, 0.25) is 11.1 Å². The van der Waals surface area contributed by atoms with Gasteiger partial charge in [-0.15, -0.1) is 10.2 Å². The van der Waals surface area contributed by atoms with Crippen LogP contribution in [0.3, 0.4) is 0 Å². The maximum absolute atomic E-state index is 12.3. The largest absolute Gasteiger partial charge is 0.485 e. The summed E-state index contributed by atoms with van der Waals surface area (Å²) >= 11 is 1.29. The van der Waals surface area contributed by atoms with Crippen LogP contribution in [0.15, 0.2) is 23.4 Å². The Morgan fingerprint density at radius 2 is 2.10 bits per heavy atom. The van der Waals surface area contributed by atoms with E-state index in [1.165, 1.54) is 35.7 Å².